The van der Waals surface area contributed by atoms with Crippen LogP contribution in [0.1, 0.15) is 22.8 Å². The van der Waals surface area contributed by atoms with Crippen molar-refractivity contribution in [3.8, 4) is 5.75 Å². The van der Waals surface area contributed by atoms with E-state index < -0.39 is 0 Å². The molecule has 0 saturated carbocycles. The predicted molar refractivity (Wildman–Crippen MR) is 94.3 cm³/mol. The van der Waals surface area contributed by atoms with Gasteiger partial charge in [-0.05, 0) is 37.3 Å². The maximum absolute atomic E-state index is 11.6. The van der Waals surface area contributed by atoms with Gasteiger partial charge in [-0.3, -0.25) is 4.79 Å². The molecule has 116 valence electrons. The topological polar surface area (TPSA) is 39.2 Å². The molecule has 0 unspecified atom stereocenters. The van der Waals surface area contributed by atoms with E-state index in [1.165, 1.54) is 0 Å². The molecule has 0 aliphatic carbocycles. The lowest BCUT2D eigenvalue weighted by Crippen LogP contribution is -1.97. The molecular formula is C19H17NO2S. The highest BCUT2D eigenvalue weighted by Crippen LogP contribution is 2.29. The molecule has 1 heterocycles. The Hall–Kier alpha value is -2.33. The number of fused-ring (bicyclic) bond motifs is 1. The first-order valence-electron chi connectivity index (χ1n) is 7.34. The number of carbonyl (C=O) groups excluding carboxylic acids is 1. The maximum Gasteiger partial charge on any atom is 0.159 e. The van der Waals surface area contributed by atoms with Crippen LogP contribution in [-0.2, 0) is 5.75 Å². The molecule has 0 fully saturated rings. The standard InChI is InChI=1S/C19H17NO2S/c1-13(21)15-7-9-18(22-2)16(11-15)12-23-19-10-8-14-5-3-4-6-17(14)20-19/h3-11H,12H2,1-2H3. The Morgan fingerprint density at radius 1 is 1.13 bits per heavy atom. The molecule has 3 rings (SSSR count). The summed E-state index contributed by atoms with van der Waals surface area (Å²) in [4.78, 5) is 16.2. The van der Waals surface area contributed by atoms with E-state index in [2.05, 4.69) is 17.1 Å². The number of benzene rings is 2. The lowest BCUT2D eigenvalue weighted by Gasteiger charge is -2.10. The number of ether oxygens (including phenoxy) is 1. The Balaban J connectivity index is 1.83. The minimum atomic E-state index is 0.0581. The van der Waals surface area contributed by atoms with Crippen LogP contribution in [0, 0.1) is 0 Å². The van der Waals surface area contributed by atoms with Crippen LogP contribution in [0.15, 0.2) is 59.6 Å². The van der Waals surface area contributed by atoms with E-state index in [-0.39, 0.29) is 5.78 Å². The number of nitrogens with zero attached hydrogens (tertiary/aromatic N) is 1. The number of Topliss-reactive ketones (excluding diaryl/α,β-unsaturated/α-hetero) is 1. The molecule has 0 saturated heterocycles. The molecule has 1 aromatic heterocycles. The number of aromatic nitrogens is 1. The fraction of sp³-hybridized carbons (Fsp3) is 0.158. The molecule has 0 aliphatic heterocycles. The van der Waals surface area contributed by atoms with Crippen molar-refractivity contribution in [3.05, 3.63) is 65.7 Å². The van der Waals surface area contributed by atoms with E-state index in [0.717, 1.165) is 27.2 Å². The summed E-state index contributed by atoms with van der Waals surface area (Å²) in [7, 11) is 1.64. The Bertz CT molecular complexity index is 861. The third-order valence-electron chi connectivity index (χ3n) is 3.64. The van der Waals surface area contributed by atoms with Gasteiger partial charge in [0.15, 0.2) is 5.78 Å². The second kappa shape index (κ2) is 6.84. The number of thioether (sulfide) groups is 1. The first-order valence-corrected chi connectivity index (χ1v) is 8.32. The molecule has 0 spiro atoms. The van der Waals surface area contributed by atoms with Crippen molar-refractivity contribution in [2.45, 2.75) is 17.7 Å². The molecule has 3 aromatic rings. The van der Waals surface area contributed by atoms with Crippen LogP contribution < -0.4 is 4.74 Å². The number of ketones is 1. The minimum absolute atomic E-state index is 0.0581. The second-order valence-electron chi connectivity index (χ2n) is 5.21. The molecule has 3 nitrogen and oxygen atoms in total. The second-order valence-corrected chi connectivity index (χ2v) is 6.21. The number of carbonyl (C=O) groups is 1. The van der Waals surface area contributed by atoms with Gasteiger partial charge < -0.3 is 4.74 Å². The van der Waals surface area contributed by atoms with E-state index >= 15 is 0 Å². The van der Waals surface area contributed by atoms with E-state index in [1.807, 2.05) is 36.4 Å². The van der Waals surface area contributed by atoms with Gasteiger partial charge >= 0.3 is 0 Å². The number of rotatable bonds is 5. The summed E-state index contributed by atoms with van der Waals surface area (Å²) in [6.07, 6.45) is 0. The molecule has 0 amide bonds. The first-order chi connectivity index (χ1) is 11.2. The molecule has 0 bridgehead atoms. The Kier molecular flexibility index (Phi) is 4.63. The van der Waals surface area contributed by atoms with Gasteiger partial charge in [-0.2, -0.15) is 0 Å². The summed E-state index contributed by atoms with van der Waals surface area (Å²) >= 11 is 1.64. The van der Waals surface area contributed by atoms with Crippen LogP contribution in [0.5, 0.6) is 5.75 Å². The smallest absolute Gasteiger partial charge is 0.159 e. The Labute approximate surface area is 139 Å². The van der Waals surface area contributed by atoms with Crippen LogP contribution in [0.3, 0.4) is 0 Å². The van der Waals surface area contributed by atoms with Crippen LogP contribution in [0.4, 0.5) is 0 Å². The summed E-state index contributed by atoms with van der Waals surface area (Å²) in [5, 5.41) is 2.09. The molecule has 23 heavy (non-hydrogen) atoms. The first kappa shape index (κ1) is 15.6. The zero-order valence-corrected chi connectivity index (χ0v) is 13.9. The van der Waals surface area contributed by atoms with Crippen LogP contribution in [-0.4, -0.2) is 17.9 Å². The van der Waals surface area contributed by atoms with Crippen LogP contribution in [0.25, 0.3) is 10.9 Å². The monoisotopic (exact) mass is 323 g/mol. The lowest BCUT2D eigenvalue weighted by atomic mass is 10.1. The summed E-state index contributed by atoms with van der Waals surface area (Å²) < 4.78 is 5.39. The third kappa shape index (κ3) is 3.54. The number of pyridine rings is 1. The Morgan fingerprint density at radius 2 is 1.96 bits per heavy atom. The number of hydrogen-bond acceptors (Lipinski definition) is 4. The van der Waals surface area contributed by atoms with Crippen LogP contribution in [0.2, 0.25) is 0 Å². The predicted octanol–water partition coefficient (Wildman–Crippen LogP) is 4.74. The average molecular weight is 323 g/mol. The minimum Gasteiger partial charge on any atom is -0.496 e. The Morgan fingerprint density at radius 3 is 2.74 bits per heavy atom. The van der Waals surface area contributed by atoms with Gasteiger partial charge in [0.25, 0.3) is 0 Å². The van der Waals surface area contributed by atoms with Gasteiger partial charge in [0, 0.05) is 22.3 Å². The fourth-order valence-electron chi connectivity index (χ4n) is 2.39. The largest absolute Gasteiger partial charge is 0.496 e. The maximum atomic E-state index is 11.6. The van der Waals surface area contributed by atoms with E-state index in [4.69, 9.17) is 4.74 Å². The van der Waals surface area contributed by atoms with Crippen LogP contribution >= 0.6 is 11.8 Å². The molecule has 0 radical (unpaired) electrons. The normalized spacial score (nSPS) is 10.7. The van der Waals surface area contributed by atoms with Crippen molar-refractivity contribution in [1.82, 2.24) is 4.98 Å². The highest BCUT2D eigenvalue weighted by molar-refractivity contribution is 7.98. The molecule has 4 heteroatoms. The fourth-order valence-corrected chi connectivity index (χ4v) is 3.25. The third-order valence-corrected chi connectivity index (χ3v) is 4.61. The summed E-state index contributed by atoms with van der Waals surface area (Å²) in [5.74, 6) is 1.56. The van der Waals surface area contributed by atoms with Gasteiger partial charge in [0.05, 0.1) is 17.7 Å². The van der Waals surface area contributed by atoms with Gasteiger partial charge in [-0.1, -0.05) is 24.3 Å². The zero-order valence-electron chi connectivity index (χ0n) is 13.1. The van der Waals surface area contributed by atoms with Gasteiger partial charge in [-0.15, -0.1) is 11.8 Å². The zero-order chi connectivity index (χ0) is 16.2. The molecule has 0 aliphatic rings. The summed E-state index contributed by atoms with van der Waals surface area (Å²) in [6, 6.07) is 17.7. The van der Waals surface area contributed by atoms with E-state index in [1.54, 1.807) is 31.9 Å². The van der Waals surface area contributed by atoms with Crippen molar-refractivity contribution in [2.75, 3.05) is 7.11 Å². The van der Waals surface area contributed by atoms with E-state index in [9.17, 15) is 4.79 Å². The van der Waals surface area contributed by atoms with Gasteiger partial charge in [0.1, 0.15) is 5.75 Å². The molecule has 0 atom stereocenters. The van der Waals surface area contributed by atoms with Crippen molar-refractivity contribution in [3.63, 3.8) is 0 Å². The molecular weight excluding hydrogens is 306 g/mol. The SMILES string of the molecule is COc1ccc(C(C)=O)cc1CSc1ccc2ccccc2n1. The quantitative estimate of drug-likeness (QED) is 0.502. The number of para-hydroxylation sites is 1. The average Bonchev–Trinajstić information content (AvgIpc) is 2.59. The van der Waals surface area contributed by atoms with Crippen molar-refractivity contribution < 1.29 is 9.53 Å². The molecule has 0 N–H and O–H groups in total. The van der Waals surface area contributed by atoms with Gasteiger partial charge in [0.2, 0.25) is 0 Å². The lowest BCUT2D eigenvalue weighted by molar-refractivity contribution is 0.101. The molecule has 2 aromatic carbocycles. The highest BCUT2D eigenvalue weighted by Gasteiger charge is 2.08. The van der Waals surface area contributed by atoms with Gasteiger partial charge in [-0.25, -0.2) is 4.98 Å². The van der Waals surface area contributed by atoms with Crippen molar-refractivity contribution >= 4 is 28.4 Å². The highest BCUT2D eigenvalue weighted by atomic mass is 32.2. The number of methoxy groups -OCH3 is 1. The van der Waals surface area contributed by atoms with Crippen molar-refractivity contribution in [2.24, 2.45) is 0 Å². The van der Waals surface area contributed by atoms with E-state index in [0.29, 0.717) is 11.3 Å². The number of hydrogen-bond donors (Lipinski definition) is 0. The summed E-state index contributed by atoms with van der Waals surface area (Å²) in [6.45, 7) is 1.57. The van der Waals surface area contributed by atoms with Crippen molar-refractivity contribution in [1.29, 1.82) is 0 Å². The summed E-state index contributed by atoms with van der Waals surface area (Å²) in [5.41, 5.74) is 2.69.